The third-order valence-corrected chi connectivity index (χ3v) is 4.88. The average molecular weight is 340 g/mol. The van der Waals surface area contributed by atoms with Crippen molar-refractivity contribution in [1.82, 2.24) is 0 Å². The summed E-state index contributed by atoms with van der Waals surface area (Å²) in [5, 5.41) is 2.01. The predicted octanol–water partition coefficient (Wildman–Crippen LogP) is 5.49. The third kappa shape index (κ3) is 7.49. The van der Waals surface area contributed by atoms with Gasteiger partial charge in [0.05, 0.1) is 5.56 Å². The molecule has 1 rings (SSSR count). The van der Waals surface area contributed by atoms with Crippen LogP contribution in [0.4, 0.5) is 0 Å². The Labute approximate surface area is 145 Å². The zero-order chi connectivity index (χ0) is 17.5. The maximum atomic E-state index is 12.5. The number of thiophene rings is 1. The van der Waals surface area contributed by atoms with E-state index in [0.717, 1.165) is 31.2 Å². The zero-order valence-electron chi connectivity index (χ0n) is 15.4. The smallest absolute Gasteiger partial charge is 0.339 e. The minimum Gasteiger partial charge on any atom is -0.456 e. The van der Waals surface area contributed by atoms with Gasteiger partial charge < -0.3 is 10.5 Å². The van der Waals surface area contributed by atoms with Gasteiger partial charge in [0, 0.05) is 10.9 Å². The second-order valence-electron chi connectivity index (χ2n) is 7.45. The summed E-state index contributed by atoms with van der Waals surface area (Å²) in [7, 11) is 0. The van der Waals surface area contributed by atoms with Gasteiger partial charge in [0.1, 0.15) is 5.60 Å². The highest BCUT2D eigenvalue weighted by atomic mass is 32.1. The molecule has 1 aromatic rings. The maximum absolute atomic E-state index is 12.5. The lowest BCUT2D eigenvalue weighted by Crippen LogP contribution is -2.24. The second kappa shape index (κ2) is 9.43. The number of unbranched alkanes of at least 4 members (excludes halogenated alkanes) is 1. The summed E-state index contributed by atoms with van der Waals surface area (Å²) in [6.07, 6.45) is 6.74. The van der Waals surface area contributed by atoms with E-state index in [-0.39, 0.29) is 12.0 Å². The Bertz CT molecular complexity index is 474. The van der Waals surface area contributed by atoms with Crippen molar-refractivity contribution in [2.75, 3.05) is 0 Å². The van der Waals surface area contributed by atoms with Crippen molar-refractivity contribution in [1.29, 1.82) is 0 Å². The summed E-state index contributed by atoms with van der Waals surface area (Å²) in [6, 6.07) is 2.16. The summed E-state index contributed by atoms with van der Waals surface area (Å²) >= 11 is 1.69. The van der Waals surface area contributed by atoms with Gasteiger partial charge >= 0.3 is 5.97 Å². The number of carbonyl (C=O) groups excluding carboxylic acids is 1. The molecule has 0 aromatic carbocycles. The molecule has 0 saturated heterocycles. The fourth-order valence-corrected chi connectivity index (χ4v) is 3.74. The number of ether oxygens (including phenoxy) is 1. The van der Waals surface area contributed by atoms with E-state index in [4.69, 9.17) is 10.5 Å². The zero-order valence-corrected chi connectivity index (χ0v) is 16.2. The number of hydrogen-bond acceptors (Lipinski definition) is 4. The fourth-order valence-electron chi connectivity index (χ4n) is 2.68. The molecule has 1 aromatic heterocycles. The van der Waals surface area contributed by atoms with E-state index >= 15 is 0 Å². The summed E-state index contributed by atoms with van der Waals surface area (Å²) in [5.41, 5.74) is 6.18. The standard InChI is InChI=1S/C19H33NO2S/c1-6-7-10-15(11-8-9-14(2)20)17-16(12-13-23-17)18(21)22-19(3,4)5/h12-15H,6-11,20H2,1-5H3. The highest BCUT2D eigenvalue weighted by molar-refractivity contribution is 7.10. The van der Waals surface area contributed by atoms with Crippen LogP contribution in [0.15, 0.2) is 11.4 Å². The first-order valence-corrected chi connectivity index (χ1v) is 9.69. The highest BCUT2D eigenvalue weighted by Crippen LogP contribution is 2.35. The molecule has 2 N–H and O–H groups in total. The van der Waals surface area contributed by atoms with Crippen molar-refractivity contribution in [3.63, 3.8) is 0 Å². The van der Waals surface area contributed by atoms with Crippen LogP contribution in [-0.2, 0) is 4.74 Å². The molecule has 0 fully saturated rings. The Morgan fingerprint density at radius 3 is 2.48 bits per heavy atom. The monoisotopic (exact) mass is 339 g/mol. The van der Waals surface area contributed by atoms with Gasteiger partial charge in [0.25, 0.3) is 0 Å². The molecule has 0 spiro atoms. The molecule has 2 unspecified atom stereocenters. The van der Waals surface area contributed by atoms with E-state index in [2.05, 4.69) is 13.8 Å². The molecule has 0 radical (unpaired) electrons. The molecule has 0 saturated carbocycles. The van der Waals surface area contributed by atoms with Gasteiger partial charge in [0.15, 0.2) is 0 Å². The van der Waals surface area contributed by atoms with Crippen LogP contribution in [0.25, 0.3) is 0 Å². The van der Waals surface area contributed by atoms with Crippen molar-refractivity contribution in [2.45, 2.75) is 90.7 Å². The Morgan fingerprint density at radius 2 is 1.91 bits per heavy atom. The lowest BCUT2D eigenvalue weighted by molar-refractivity contribution is 0.00684. The van der Waals surface area contributed by atoms with Crippen molar-refractivity contribution in [3.8, 4) is 0 Å². The van der Waals surface area contributed by atoms with Crippen molar-refractivity contribution in [2.24, 2.45) is 5.73 Å². The van der Waals surface area contributed by atoms with Crippen molar-refractivity contribution >= 4 is 17.3 Å². The van der Waals surface area contributed by atoms with E-state index in [1.807, 2.05) is 32.2 Å². The Morgan fingerprint density at radius 1 is 1.26 bits per heavy atom. The first kappa shape index (κ1) is 20.2. The second-order valence-corrected chi connectivity index (χ2v) is 8.40. The Kier molecular flexibility index (Phi) is 8.27. The van der Waals surface area contributed by atoms with Crippen LogP contribution in [0.5, 0.6) is 0 Å². The lowest BCUT2D eigenvalue weighted by Gasteiger charge is -2.21. The van der Waals surface area contributed by atoms with Gasteiger partial charge in [0.2, 0.25) is 0 Å². The quantitative estimate of drug-likeness (QED) is 0.605. The van der Waals surface area contributed by atoms with E-state index in [0.29, 0.717) is 5.92 Å². The lowest BCUT2D eigenvalue weighted by atomic mass is 9.91. The van der Waals surface area contributed by atoms with Crippen LogP contribution in [0.2, 0.25) is 0 Å². The topological polar surface area (TPSA) is 52.3 Å². The summed E-state index contributed by atoms with van der Waals surface area (Å²) < 4.78 is 5.57. The first-order chi connectivity index (χ1) is 10.7. The molecule has 4 heteroatoms. The van der Waals surface area contributed by atoms with Gasteiger partial charge in [-0.1, -0.05) is 26.2 Å². The molecular weight excluding hydrogens is 306 g/mol. The van der Waals surface area contributed by atoms with Crippen LogP contribution >= 0.6 is 11.3 Å². The number of rotatable bonds is 9. The summed E-state index contributed by atoms with van der Waals surface area (Å²) in [5.74, 6) is 0.249. The Balaban J connectivity index is 2.85. The largest absolute Gasteiger partial charge is 0.456 e. The molecular formula is C19H33NO2S. The van der Waals surface area contributed by atoms with Gasteiger partial charge in [-0.2, -0.15) is 0 Å². The maximum Gasteiger partial charge on any atom is 0.339 e. The molecule has 0 amide bonds. The van der Waals surface area contributed by atoms with Gasteiger partial charge in [-0.15, -0.1) is 11.3 Å². The van der Waals surface area contributed by atoms with E-state index in [1.165, 1.54) is 17.7 Å². The number of nitrogens with two attached hydrogens (primary N) is 1. The average Bonchev–Trinajstić information content (AvgIpc) is 2.89. The van der Waals surface area contributed by atoms with E-state index in [9.17, 15) is 4.79 Å². The number of carbonyl (C=O) groups is 1. The van der Waals surface area contributed by atoms with E-state index in [1.54, 1.807) is 11.3 Å². The molecule has 0 aliphatic rings. The normalized spacial score (nSPS) is 14.5. The van der Waals surface area contributed by atoms with Crippen LogP contribution in [0.1, 0.15) is 94.3 Å². The van der Waals surface area contributed by atoms with E-state index < -0.39 is 5.60 Å². The molecule has 2 atom stereocenters. The molecule has 0 aliphatic carbocycles. The SMILES string of the molecule is CCCCC(CCCC(C)N)c1sccc1C(=O)OC(C)(C)C. The van der Waals surface area contributed by atoms with Crippen LogP contribution in [-0.4, -0.2) is 17.6 Å². The first-order valence-electron chi connectivity index (χ1n) is 8.81. The van der Waals surface area contributed by atoms with Crippen LogP contribution < -0.4 is 5.73 Å². The number of hydrogen-bond donors (Lipinski definition) is 1. The Hall–Kier alpha value is -0.870. The predicted molar refractivity (Wildman–Crippen MR) is 99.3 cm³/mol. The van der Waals surface area contributed by atoms with Crippen molar-refractivity contribution in [3.05, 3.63) is 21.9 Å². The number of esters is 1. The minimum absolute atomic E-state index is 0.192. The molecule has 132 valence electrons. The fraction of sp³-hybridized carbons (Fsp3) is 0.737. The molecule has 0 aliphatic heterocycles. The van der Waals surface area contributed by atoms with Gasteiger partial charge in [-0.05, 0) is 64.3 Å². The third-order valence-electron chi connectivity index (χ3n) is 3.80. The van der Waals surface area contributed by atoms with Gasteiger partial charge in [-0.3, -0.25) is 0 Å². The summed E-state index contributed by atoms with van der Waals surface area (Å²) in [4.78, 5) is 13.7. The molecule has 0 bridgehead atoms. The van der Waals surface area contributed by atoms with Gasteiger partial charge in [-0.25, -0.2) is 4.79 Å². The summed E-state index contributed by atoms with van der Waals surface area (Å²) in [6.45, 7) is 10.00. The van der Waals surface area contributed by atoms with Crippen LogP contribution in [0.3, 0.4) is 0 Å². The molecule has 3 nitrogen and oxygen atoms in total. The minimum atomic E-state index is -0.454. The van der Waals surface area contributed by atoms with Crippen LogP contribution in [0, 0.1) is 0 Å². The van der Waals surface area contributed by atoms with Crippen molar-refractivity contribution < 1.29 is 9.53 Å². The highest BCUT2D eigenvalue weighted by Gasteiger charge is 2.24. The molecule has 23 heavy (non-hydrogen) atoms. The molecule has 1 heterocycles.